The number of thioether (sulfide) groups is 1. The molecule has 72 valence electrons. The Morgan fingerprint density at radius 1 is 1.46 bits per heavy atom. The number of rotatable bonds is 3. The summed E-state index contributed by atoms with van der Waals surface area (Å²) in [7, 11) is 0. The van der Waals surface area contributed by atoms with Crippen LogP contribution < -0.4 is 5.73 Å². The molecule has 1 rings (SSSR count). The molecule has 0 radical (unpaired) electrons. The van der Waals surface area contributed by atoms with E-state index in [1.165, 1.54) is 17.8 Å². The third-order valence-electron chi connectivity index (χ3n) is 1.39. The van der Waals surface area contributed by atoms with E-state index in [0.717, 1.165) is 12.1 Å². The predicted molar refractivity (Wildman–Crippen MR) is 50.7 cm³/mol. The average Bonchev–Trinajstić information content (AvgIpc) is 2.06. The lowest BCUT2D eigenvalue weighted by atomic mass is 10.3. The first kappa shape index (κ1) is 10.5. The van der Waals surface area contributed by atoms with Crippen molar-refractivity contribution in [1.29, 1.82) is 0 Å². The van der Waals surface area contributed by atoms with E-state index in [-0.39, 0.29) is 6.04 Å². The second-order valence-corrected chi connectivity index (χ2v) is 3.92. The van der Waals surface area contributed by atoms with Gasteiger partial charge in [-0.05, 0) is 25.1 Å². The van der Waals surface area contributed by atoms with Crippen LogP contribution in [-0.2, 0) is 0 Å². The van der Waals surface area contributed by atoms with Gasteiger partial charge in [-0.1, -0.05) is 0 Å². The summed E-state index contributed by atoms with van der Waals surface area (Å²) in [5, 5.41) is 0. The van der Waals surface area contributed by atoms with Crippen LogP contribution in [0.25, 0.3) is 0 Å². The minimum Gasteiger partial charge on any atom is -0.327 e. The highest BCUT2D eigenvalue weighted by Crippen LogP contribution is 2.22. The van der Waals surface area contributed by atoms with Crippen molar-refractivity contribution in [3.05, 3.63) is 29.8 Å². The van der Waals surface area contributed by atoms with E-state index < -0.39 is 11.6 Å². The molecule has 1 nitrogen and oxygen atoms in total. The van der Waals surface area contributed by atoms with E-state index in [0.29, 0.717) is 10.6 Å². The standard InChI is InChI=1S/C9H11F2NS/c1-6(12)5-13-9-4-7(10)2-3-8(9)11/h2-4,6H,5,12H2,1H3. The highest BCUT2D eigenvalue weighted by molar-refractivity contribution is 7.99. The number of nitrogens with two attached hydrogens (primary N) is 1. The summed E-state index contributed by atoms with van der Waals surface area (Å²) in [5.41, 5.74) is 5.49. The molecule has 0 aliphatic heterocycles. The molecular weight excluding hydrogens is 192 g/mol. The second-order valence-electron chi connectivity index (χ2n) is 2.86. The molecule has 0 heterocycles. The Morgan fingerprint density at radius 3 is 2.77 bits per heavy atom. The molecule has 1 aromatic carbocycles. The first-order valence-corrected chi connectivity index (χ1v) is 4.91. The van der Waals surface area contributed by atoms with Gasteiger partial charge in [0, 0.05) is 16.7 Å². The number of hydrogen-bond donors (Lipinski definition) is 1. The minimum absolute atomic E-state index is 0.0207. The molecule has 2 N–H and O–H groups in total. The summed E-state index contributed by atoms with van der Waals surface area (Å²) in [4.78, 5) is 0.317. The maximum absolute atomic E-state index is 13.0. The van der Waals surface area contributed by atoms with Gasteiger partial charge in [0.25, 0.3) is 0 Å². The zero-order valence-corrected chi connectivity index (χ0v) is 8.07. The van der Waals surface area contributed by atoms with E-state index in [1.807, 2.05) is 6.92 Å². The number of hydrogen-bond acceptors (Lipinski definition) is 2. The van der Waals surface area contributed by atoms with Crippen LogP contribution in [0.15, 0.2) is 23.1 Å². The van der Waals surface area contributed by atoms with Gasteiger partial charge in [-0.3, -0.25) is 0 Å². The van der Waals surface area contributed by atoms with Gasteiger partial charge in [0.15, 0.2) is 0 Å². The van der Waals surface area contributed by atoms with E-state index in [9.17, 15) is 8.78 Å². The highest BCUT2D eigenvalue weighted by atomic mass is 32.2. The molecule has 0 aromatic heterocycles. The topological polar surface area (TPSA) is 26.0 Å². The third kappa shape index (κ3) is 3.32. The fourth-order valence-electron chi connectivity index (χ4n) is 0.809. The van der Waals surface area contributed by atoms with Gasteiger partial charge in [0.05, 0.1) is 0 Å². The number of benzene rings is 1. The van der Waals surface area contributed by atoms with E-state index >= 15 is 0 Å². The minimum atomic E-state index is -0.423. The largest absolute Gasteiger partial charge is 0.327 e. The molecule has 0 bridgehead atoms. The van der Waals surface area contributed by atoms with E-state index in [4.69, 9.17) is 5.73 Å². The molecule has 0 saturated heterocycles. The van der Waals surface area contributed by atoms with E-state index in [1.54, 1.807) is 0 Å². The summed E-state index contributed by atoms with van der Waals surface area (Å²) in [6.07, 6.45) is 0. The Bertz CT molecular complexity index is 289. The normalized spacial score (nSPS) is 12.9. The van der Waals surface area contributed by atoms with Crippen LogP contribution in [0.2, 0.25) is 0 Å². The SMILES string of the molecule is CC(N)CSc1cc(F)ccc1F. The zero-order chi connectivity index (χ0) is 9.84. The Labute approximate surface area is 80.3 Å². The predicted octanol–water partition coefficient (Wildman–Crippen LogP) is 2.40. The van der Waals surface area contributed by atoms with Gasteiger partial charge < -0.3 is 5.73 Å². The third-order valence-corrected chi connectivity index (χ3v) is 2.71. The molecule has 0 amide bonds. The maximum atomic E-state index is 13.0. The smallest absolute Gasteiger partial charge is 0.136 e. The monoisotopic (exact) mass is 203 g/mol. The van der Waals surface area contributed by atoms with Crippen LogP contribution in [0.1, 0.15) is 6.92 Å². The lowest BCUT2D eigenvalue weighted by Crippen LogP contribution is -2.17. The second kappa shape index (κ2) is 4.58. The van der Waals surface area contributed by atoms with Crippen molar-refractivity contribution in [3.63, 3.8) is 0 Å². The van der Waals surface area contributed by atoms with Gasteiger partial charge >= 0.3 is 0 Å². The maximum Gasteiger partial charge on any atom is 0.136 e. The quantitative estimate of drug-likeness (QED) is 0.763. The van der Waals surface area contributed by atoms with Crippen molar-refractivity contribution in [2.45, 2.75) is 17.9 Å². The Morgan fingerprint density at radius 2 is 2.15 bits per heavy atom. The molecule has 0 fully saturated rings. The Kier molecular flexibility index (Phi) is 3.69. The van der Waals surface area contributed by atoms with Gasteiger partial charge in [0.2, 0.25) is 0 Å². The lowest BCUT2D eigenvalue weighted by Gasteiger charge is -2.05. The fourth-order valence-corrected chi connectivity index (χ4v) is 1.65. The van der Waals surface area contributed by atoms with Crippen molar-refractivity contribution in [2.24, 2.45) is 5.73 Å². The first-order chi connectivity index (χ1) is 6.09. The average molecular weight is 203 g/mol. The van der Waals surface area contributed by atoms with Crippen molar-refractivity contribution in [2.75, 3.05) is 5.75 Å². The van der Waals surface area contributed by atoms with Crippen LogP contribution >= 0.6 is 11.8 Å². The molecule has 0 spiro atoms. The summed E-state index contributed by atoms with van der Waals surface area (Å²) >= 11 is 1.23. The van der Waals surface area contributed by atoms with Crippen molar-refractivity contribution >= 4 is 11.8 Å². The number of halogens is 2. The van der Waals surface area contributed by atoms with Gasteiger partial charge in [-0.2, -0.15) is 0 Å². The Balaban J connectivity index is 2.70. The van der Waals surface area contributed by atoms with E-state index in [2.05, 4.69) is 0 Å². The molecule has 1 atom stereocenters. The van der Waals surface area contributed by atoms with Crippen LogP contribution in [0.3, 0.4) is 0 Å². The van der Waals surface area contributed by atoms with Crippen molar-refractivity contribution < 1.29 is 8.78 Å². The van der Waals surface area contributed by atoms with Crippen LogP contribution in [0.4, 0.5) is 8.78 Å². The summed E-state index contributed by atoms with van der Waals surface area (Å²) < 4.78 is 25.7. The van der Waals surface area contributed by atoms with Crippen LogP contribution in [-0.4, -0.2) is 11.8 Å². The van der Waals surface area contributed by atoms with Crippen LogP contribution in [0, 0.1) is 11.6 Å². The molecule has 4 heteroatoms. The Hall–Kier alpha value is -0.610. The van der Waals surface area contributed by atoms with Crippen molar-refractivity contribution in [1.82, 2.24) is 0 Å². The summed E-state index contributed by atoms with van der Waals surface area (Å²) in [6.45, 7) is 1.82. The lowest BCUT2D eigenvalue weighted by molar-refractivity contribution is 0.577. The molecule has 0 aliphatic carbocycles. The molecule has 0 saturated carbocycles. The van der Waals surface area contributed by atoms with Gasteiger partial charge in [0.1, 0.15) is 11.6 Å². The highest BCUT2D eigenvalue weighted by Gasteiger charge is 2.05. The summed E-state index contributed by atoms with van der Waals surface area (Å²) in [6, 6.07) is 3.39. The van der Waals surface area contributed by atoms with Crippen molar-refractivity contribution in [3.8, 4) is 0 Å². The molecule has 0 aliphatic rings. The molecule has 1 aromatic rings. The van der Waals surface area contributed by atoms with Gasteiger partial charge in [-0.15, -0.1) is 11.8 Å². The first-order valence-electron chi connectivity index (χ1n) is 3.93. The fraction of sp³-hybridized carbons (Fsp3) is 0.333. The molecule has 1 unspecified atom stereocenters. The van der Waals surface area contributed by atoms with Crippen LogP contribution in [0.5, 0.6) is 0 Å². The molecular formula is C9H11F2NS. The zero-order valence-electron chi connectivity index (χ0n) is 7.26. The molecule has 13 heavy (non-hydrogen) atoms. The van der Waals surface area contributed by atoms with Gasteiger partial charge in [-0.25, -0.2) is 8.78 Å². The summed E-state index contributed by atoms with van der Waals surface area (Å²) in [5.74, 6) is -0.235.